The van der Waals surface area contributed by atoms with Crippen LogP contribution in [0.15, 0.2) is 73.2 Å². The second-order valence-corrected chi connectivity index (χ2v) is 5.66. The molecule has 0 spiro atoms. The Kier molecular flexibility index (Phi) is 4.38. The van der Waals surface area contributed by atoms with E-state index in [1.807, 2.05) is 54.6 Å². The Balaban J connectivity index is 1.56. The molecule has 0 atom stereocenters. The number of nitrogens with one attached hydrogen (secondary N) is 2. The largest absolute Gasteiger partial charge is 0.457 e. The van der Waals surface area contributed by atoms with Crippen molar-refractivity contribution < 1.29 is 9.53 Å². The number of nitrogens with two attached hydrogens (primary N) is 1. The first kappa shape index (κ1) is 16.6. The molecule has 8 heteroatoms. The van der Waals surface area contributed by atoms with Gasteiger partial charge in [0.25, 0.3) is 0 Å². The molecule has 0 aliphatic rings. The number of carbonyl (C=O) groups is 1. The minimum absolute atomic E-state index is 0.458. The molecule has 2 heterocycles. The van der Waals surface area contributed by atoms with Gasteiger partial charge in [-0.3, -0.25) is 9.99 Å². The Morgan fingerprint density at radius 1 is 0.963 bits per heavy atom. The van der Waals surface area contributed by atoms with Crippen LogP contribution in [-0.4, -0.2) is 20.6 Å². The van der Waals surface area contributed by atoms with Crippen molar-refractivity contribution in [2.75, 3.05) is 5.32 Å². The second kappa shape index (κ2) is 7.14. The molecule has 0 unspecified atom stereocenters. The summed E-state index contributed by atoms with van der Waals surface area (Å²) in [6.07, 6.45) is 2.97. The van der Waals surface area contributed by atoms with E-state index >= 15 is 0 Å². The highest BCUT2D eigenvalue weighted by molar-refractivity contribution is 5.95. The number of hydrogen-bond acceptors (Lipinski definition) is 6. The summed E-state index contributed by atoms with van der Waals surface area (Å²) in [6, 6.07) is 18.3. The molecule has 4 aromatic rings. The van der Waals surface area contributed by atoms with Gasteiger partial charge in [0, 0.05) is 11.9 Å². The first-order valence-corrected chi connectivity index (χ1v) is 8.17. The maximum Gasteiger partial charge on any atom is 0.341 e. The third-order valence-electron chi connectivity index (χ3n) is 3.92. The summed E-state index contributed by atoms with van der Waals surface area (Å²) in [5.41, 5.74) is 3.37. The van der Waals surface area contributed by atoms with Crippen LogP contribution in [0.2, 0.25) is 0 Å². The highest BCUT2D eigenvalue weighted by Crippen LogP contribution is 2.26. The second-order valence-electron chi connectivity index (χ2n) is 5.66. The lowest BCUT2D eigenvalue weighted by atomic mass is 10.3. The number of para-hydroxylation sites is 1. The monoisotopic (exact) mass is 360 g/mol. The van der Waals surface area contributed by atoms with Gasteiger partial charge in [0.15, 0.2) is 5.65 Å². The molecular weight excluding hydrogens is 344 g/mol. The molecule has 0 aliphatic carbocycles. The van der Waals surface area contributed by atoms with E-state index in [-0.39, 0.29) is 0 Å². The molecule has 2 aromatic carbocycles. The lowest BCUT2D eigenvalue weighted by molar-refractivity contribution is 0.243. The summed E-state index contributed by atoms with van der Waals surface area (Å²) in [7, 11) is 0. The summed E-state index contributed by atoms with van der Waals surface area (Å²) in [5, 5.41) is 3.93. The zero-order valence-electron chi connectivity index (χ0n) is 14.2. The number of aromatic nitrogens is 3. The van der Waals surface area contributed by atoms with Crippen LogP contribution in [0.3, 0.4) is 0 Å². The van der Waals surface area contributed by atoms with Crippen LogP contribution in [0, 0.1) is 0 Å². The van der Waals surface area contributed by atoms with Gasteiger partial charge in [-0.25, -0.2) is 20.6 Å². The maximum atomic E-state index is 11.8. The van der Waals surface area contributed by atoms with E-state index in [2.05, 4.69) is 20.7 Å². The van der Waals surface area contributed by atoms with Crippen molar-refractivity contribution in [1.29, 1.82) is 0 Å². The number of benzene rings is 2. The van der Waals surface area contributed by atoms with Gasteiger partial charge in [0.2, 0.25) is 0 Å². The van der Waals surface area contributed by atoms with E-state index in [0.717, 1.165) is 17.2 Å². The predicted octanol–water partition coefficient (Wildman–Crippen LogP) is 3.40. The fraction of sp³-hybridized carbons (Fsp3) is 0. The Morgan fingerprint density at radius 3 is 2.44 bits per heavy atom. The van der Waals surface area contributed by atoms with Crippen molar-refractivity contribution in [2.24, 2.45) is 5.84 Å². The summed E-state index contributed by atoms with van der Waals surface area (Å²) >= 11 is 0. The number of hydrazine groups is 1. The van der Waals surface area contributed by atoms with Crippen LogP contribution in [0.1, 0.15) is 0 Å². The molecule has 2 aromatic heterocycles. The highest BCUT2D eigenvalue weighted by Gasteiger charge is 2.12. The number of ether oxygens (including phenoxy) is 1. The summed E-state index contributed by atoms with van der Waals surface area (Å²) in [6.45, 7) is 0. The van der Waals surface area contributed by atoms with E-state index in [9.17, 15) is 4.79 Å². The van der Waals surface area contributed by atoms with E-state index in [4.69, 9.17) is 10.6 Å². The fourth-order valence-corrected chi connectivity index (χ4v) is 2.65. The number of amides is 1. The van der Waals surface area contributed by atoms with Crippen LogP contribution in [0.5, 0.6) is 11.5 Å². The topological polar surface area (TPSA) is 107 Å². The van der Waals surface area contributed by atoms with Gasteiger partial charge in [-0.15, -0.1) is 0 Å². The van der Waals surface area contributed by atoms with Crippen molar-refractivity contribution in [1.82, 2.24) is 20.0 Å². The van der Waals surface area contributed by atoms with Crippen molar-refractivity contribution in [3.63, 3.8) is 0 Å². The lowest BCUT2D eigenvalue weighted by Crippen LogP contribution is -2.33. The molecule has 0 bridgehead atoms. The van der Waals surface area contributed by atoms with Crippen molar-refractivity contribution in [3.8, 4) is 11.5 Å². The van der Waals surface area contributed by atoms with Crippen LogP contribution in [-0.2, 0) is 0 Å². The van der Waals surface area contributed by atoms with Gasteiger partial charge in [-0.2, -0.15) is 0 Å². The number of hydrogen-bond donors (Lipinski definition) is 3. The van der Waals surface area contributed by atoms with Gasteiger partial charge in [0.1, 0.15) is 23.6 Å². The van der Waals surface area contributed by atoms with Crippen LogP contribution < -0.4 is 21.3 Å². The van der Waals surface area contributed by atoms with Crippen molar-refractivity contribution in [2.45, 2.75) is 0 Å². The minimum atomic E-state index is -0.475. The molecule has 8 nitrogen and oxygen atoms in total. The maximum absolute atomic E-state index is 11.8. The number of fused-ring (bicyclic) bond motifs is 1. The van der Waals surface area contributed by atoms with Crippen LogP contribution in [0.25, 0.3) is 11.0 Å². The Morgan fingerprint density at radius 2 is 1.70 bits per heavy atom. The molecule has 4 N–H and O–H groups in total. The first-order valence-electron chi connectivity index (χ1n) is 8.17. The number of carbonyl (C=O) groups excluding carboxylic acids is 1. The van der Waals surface area contributed by atoms with E-state index in [1.54, 1.807) is 12.3 Å². The number of nitrogens with zero attached hydrogens (tertiary/aromatic N) is 3. The van der Waals surface area contributed by atoms with E-state index < -0.39 is 6.03 Å². The predicted molar refractivity (Wildman–Crippen MR) is 102 cm³/mol. The lowest BCUT2D eigenvalue weighted by Gasteiger charge is -2.09. The Labute approximate surface area is 154 Å². The normalized spacial score (nSPS) is 10.6. The quantitative estimate of drug-likeness (QED) is 0.292. The molecule has 0 saturated carbocycles. The fourth-order valence-electron chi connectivity index (χ4n) is 2.65. The molecule has 4 rings (SSSR count). The Hall–Kier alpha value is -3.91. The molecule has 1 amide bonds. The number of anilines is 2. The molecule has 27 heavy (non-hydrogen) atoms. The molecule has 134 valence electrons. The smallest absolute Gasteiger partial charge is 0.341 e. The first-order chi connectivity index (χ1) is 13.2. The SMILES string of the molecule is NNC(=O)n1ccc2c(Nc3ccc(Oc4ccccc4)cc3)ncnc21. The van der Waals surface area contributed by atoms with Crippen LogP contribution >= 0.6 is 0 Å². The van der Waals surface area contributed by atoms with Gasteiger partial charge in [-0.1, -0.05) is 18.2 Å². The standard InChI is InChI=1S/C19H16N6O2/c20-24-19(26)25-11-10-16-17(21-12-22-18(16)25)23-13-6-8-15(9-7-13)27-14-4-2-1-3-5-14/h1-12H,20H2,(H,24,26)(H,21,22,23). The number of rotatable bonds is 4. The third kappa shape index (κ3) is 3.42. The van der Waals surface area contributed by atoms with Gasteiger partial charge >= 0.3 is 6.03 Å². The van der Waals surface area contributed by atoms with Gasteiger partial charge < -0.3 is 10.1 Å². The molecular formula is C19H16N6O2. The van der Waals surface area contributed by atoms with Gasteiger partial charge in [0.05, 0.1) is 5.39 Å². The highest BCUT2D eigenvalue weighted by atomic mass is 16.5. The third-order valence-corrected chi connectivity index (χ3v) is 3.92. The van der Waals surface area contributed by atoms with Crippen LogP contribution in [0.4, 0.5) is 16.3 Å². The average Bonchev–Trinajstić information content (AvgIpc) is 3.15. The molecule has 0 aliphatic heterocycles. The van der Waals surface area contributed by atoms with Gasteiger partial charge in [-0.05, 0) is 42.5 Å². The number of nitrogen functional groups attached to an aromatic ring is 1. The average molecular weight is 360 g/mol. The Bertz CT molecular complexity index is 1080. The molecule has 0 saturated heterocycles. The zero-order chi connectivity index (χ0) is 18.6. The molecule has 0 fully saturated rings. The summed E-state index contributed by atoms with van der Waals surface area (Å²) in [4.78, 5) is 20.2. The zero-order valence-corrected chi connectivity index (χ0v) is 14.2. The van der Waals surface area contributed by atoms with Crippen molar-refractivity contribution >= 4 is 28.6 Å². The minimum Gasteiger partial charge on any atom is -0.457 e. The molecule has 0 radical (unpaired) electrons. The summed E-state index contributed by atoms with van der Waals surface area (Å²) in [5.74, 6) is 7.28. The summed E-state index contributed by atoms with van der Waals surface area (Å²) < 4.78 is 7.10. The van der Waals surface area contributed by atoms with E-state index in [1.165, 1.54) is 10.9 Å². The van der Waals surface area contributed by atoms with E-state index in [0.29, 0.717) is 16.9 Å². The van der Waals surface area contributed by atoms with Crippen molar-refractivity contribution in [3.05, 3.63) is 73.2 Å².